The third-order valence-electron chi connectivity index (χ3n) is 3.01. The Balaban J connectivity index is 2.26. The Morgan fingerprint density at radius 2 is 2.06 bits per heavy atom. The molecule has 1 atom stereocenters. The van der Waals surface area contributed by atoms with Crippen molar-refractivity contribution in [1.29, 1.82) is 0 Å². The van der Waals surface area contributed by atoms with Crippen LogP contribution in [0.1, 0.15) is 18.5 Å². The van der Waals surface area contributed by atoms with Gasteiger partial charge in [0.25, 0.3) is 0 Å². The molecule has 0 aliphatic rings. The maximum absolute atomic E-state index is 6.03. The Morgan fingerprint density at radius 1 is 1.28 bits per heavy atom. The lowest BCUT2D eigenvalue weighted by molar-refractivity contribution is 0.738. The third-order valence-corrected chi connectivity index (χ3v) is 3.68. The number of aromatic nitrogens is 1. The lowest BCUT2D eigenvalue weighted by atomic mass is 10.1. The quantitative estimate of drug-likeness (QED) is 0.813. The monoisotopic (exact) mass is 324 g/mol. The fourth-order valence-corrected chi connectivity index (χ4v) is 2.36. The highest BCUT2D eigenvalue weighted by Crippen LogP contribution is 2.27. The Labute approximate surface area is 121 Å². The van der Waals surface area contributed by atoms with E-state index in [9.17, 15) is 0 Å². The summed E-state index contributed by atoms with van der Waals surface area (Å²) in [5, 5.41) is 0.764. The molecule has 0 spiro atoms. The van der Waals surface area contributed by atoms with Crippen molar-refractivity contribution < 1.29 is 0 Å². The van der Waals surface area contributed by atoms with Gasteiger partial charge in [-0.1, -0.05) is 23.7 Å². The normalized spacial score (nSPS) is 12.2. The van der Waals surface area contributed by atoms with E-state index >= 15 is 0 Å². The van der Waals surface area contributed by atoms with E-state index in [-0.39, 0.29) is 6.04 Å². The van der Waals surface area contributed by atoms with Crippen molar-refractivity contribution in [1.82, 2.24) is 4.98 Å². The fraction of sp³-hybridized carbons (Fsp3) is 0.214. The zero-order chi connectivity index (χ0) is 13.1. The van der Waals surface area contributed by atoms with Gasteiger partial charge in [0.15, 0.2) is 0 Å². The van der Waals surface area contributed by atoms with E-state index in [1.165, 1.54) is 5.56 Å². The number of anilines is 1. The number of pyridine rings is 1. The van der Waals surface area contributed by atoms with Crippen LogP contribution in [0.15, 0.2) is 47.2 Å². The highest BCUT2D eigenvalue weighted by Gasteiger charge is 2.13. The molecule has 1 aromatic heterocycles. The predicted octanol–water partition coefficient (Wildman–Crippen LogP) is 4.69. The van der Waals surface area contributed by atoms with Crippen LogP contribution in [-0.4, -0.2) is 12.0 Å². The molecule has 0 saturated carbocycles. The Hall–Kier alpha value is -1.06. The van der Waals surface area contributed by atoms with E-state index in [2.05, 4.69) is 45.9 Å². The van der Waals surface area contributed by atoms with Gasteiger partial charge in [0.1, 0.15) is 0 Å². The van der Waals surface area contributed by atoms with E-state index in [4.69, 9.17) is 11.6 Å². The summed E-state index contributed by atoms with van der Waals surface area (Å²) in [5.74, 6) is 0. The van der Waals surface area contributed by atoms with Gasteiger partial charge in [0, 0.05) is 22.7 Å². The van der Waals surface area contributed by atoms with Crippen molar-refractivity contribution in [3.63, 3.8) is 0 Å². The molecular formula is C14H14BrClN2. The van der Waals surface area contributed by atoms with E-state index in [0.717, 1.165) is 15.2 Å². The van der Waals surface area contributed by atoms with Gasteiger partial charge in [-0.15, -0.1) is 0 Å². The van der Waals surface area contributed by atoms with Crippen LogP contribution in [0.2, 0.25) is 5.02 Å². The van der Waals surface area contributed by atoms with Crippen molar-refractivity contribution in [2.75, 3.05) is 11.9 Å². The van der Waals surface area contributed by atoms with Gasteiger partial charge in [-0.05, 0) is 46.6 Å². The smallest absolute Gasteiger partial charge is 0.0566 e. The maximum atomic E-state index is 6.03. The van der Waals surface area contributed by atoms with Crippen LogP contribution in [0, 0.1) is 0 Å². The number of rotatable bonds is 3. The molecule has 0 bridgehead atoms. The summed E-state index contributed by atoms with van der Waals surface area (Å²) in [6.45, 7) is 2.15. The van der Waals surface area contributed by atoms with Crippen LogP contribution in [0.4, 0.5) is 5.69 Å². The standard InChI is InChI=1S/C14H14BrClN2/c1-10(11-4-3-5-13(16)6-11)18(2)14-7-12(15)8-17-9-14/h3-10H,1-2H3. The fourth-order valence-electron chi connectivity index (χ4n) is 1.81. The van der Waals surface area contributed by atoms with Crippen LogP contribution < -0.4 is 4.90 Å². The van der Waals surface area contributed by atoms with Crippen LogP contribution in [0.25, 0.3) is 0 Å². The van der Waals surface area contributed by atoms with E-state index in [1.54, 1.807) is 6.20 Å². The second-order valence-electron chi connectivity index (χ2n) is 4.20. The molecule has 1 aromatic carbocycles. The van der Waals surface area contributed by atoms with Crippen molar-refractivity contribution in [2.24, 2.45) is 0 Å². The topological polar surface area (TPSA) is 16.1 Å². The molecule has 0 fully saturated rings. The van der Waals surface area contributed by atoms with Crippen molar-refractivity contribution in [2.45, 2.75) is 13.0 Å². The average molecular weight is 326 g/mol. The molecule has 2 nitrogen and oxygen atoms in total. The summed E-state index contributed by atoms with van der Waals surface area (Å²) in [6.07, 6.45) is 3.63. The van der Waals surface area contributed by atoms with E-state index in [1.807, 2.05) is 30.5 Å². The summed E-state index contributed by atoms with van der Waals surface area (Å²) in [5.41, 5.74) is 2.25. The molecule has 1 unspecified atom stereocenters. The molecule has 94 valence electrons. The second kappa shape index (κ2) is 5.72. The maximum Gasteiger partial charge on any atom is 0.0566 e. The predicted molar refractivity (Wildman–Crippen MR) is 80.2 cm³/mol. The van der Waals surface area contributed by atoms with E-state index < -0.39 is 0 Å². The first-order chi connectivity index (χ1) is 8.58. The largest absolute Gasteiger partial charge is 0.367 e. The molecule has 2 aromatic rings. The Morgan fingerprint density at radius 3 is 2.72 bits per heavy atom. The van der Waals surface area contributed by atoms with Gasteiger partial charge in [0.05, 0.1) is 17.9 Å². The first-order valence-electron chi connectivity index (χ1n) is 5.67. The summed E-state index contributed by atoms with van der Waals surface area (Å²) >= 11 is 9.46. The highest BCUT2D eigenvalue weighted by molar-refractivity contribution is 9.10. The molecular weight excluding hydrogens is 312 g/mol. The van der Waals surface area contributed by atoms with Gasteiger partial charge in [-0.3, -0.25) is 4.98 Å². The van der Waals surface area contributed by atoms with Crippen LogP contribution in [0.3, 0.4) is 0 Å². The van der Waals surface area contributed by atoms with E-state index in [0.29, 0.717) is 0 Å². The summed E-state index contributed by atoms with van der Waals surface area (Å²) in [6, 6.07) is 10.2. The highest BCUT2D eigenvalue weighted by atomic mass is 79.9. The molecule has 0 N–H and O–H groups in total. The second-order valence-corrected chi connectivity index (χ2v) is 5.56. The summed E-state index contributed by atoms with van der Waals surface area (Å²) in [4.78, 5) is 6.35. The molecule has 1 heterocycles. The number of hydrogen-bond donors (Lipinski definition) is 0. The SMILES string of the molecule is CC(c1cccc(Cl)c1)N(C)c1cncc(Br)c1. The minimum Gasteiger partial charge on any atom is -0.367 e. The molecule has 2 rings (SSSR count). The minimum atomic E-state index is 0.236. The van der Waals surface area contributed by atoms with Gasteiger partial charge in [0.2, 0.25) is 0 Å². The van der Waals surface area contributed by atoms with Crippen molar-refractivity contribution in [3.8, 4) is 0 Å². The Bertz CT molecular complexity index is 495. The summed E-state index contributed by atoms with van der Waals surface area (Å²) in [7, 11) is 2.05. The third kappa shape index (κ3) is 3.03. The number of benzene rings is 1. The first kappa shape index (κ1) is 13.4. The zero-order valence-electron chi connectivity index (χ0n) is 10.3. The van der Waals surface area contributed by atoms with Gasteiger partial charge >= 0.3 is 0 Å². The van der Waals surface area contributed by atoms with Crippen LogP contribution >= 0.6 is 27.5 Å². The minimum absolute atomic E-state index is 0.236. The Kier molecular flexibility index (Phi) is 4.25. The molecule has 18 heavy (non-hydrogen) atoms. The first-order valence-corrected chi connectivity index (χ1v) is 6.84. The molecule has 0 aliphatic carbocycles. The van der Waals surface area contributed by atoms with Crippen LogP contribution in [0.5, 0.6) is 0 Å². The van der Waals surface area contributed by atoms with Gasteiger partial charge in [-0.2, -0.15) is 0 Å². The van der Waals surface area contributed by atoms with Crippen molar-refractivity contribution in [3.05, 3.63) is 57.8 Å². The van der Waals surface area contributed by atoms with Gasteiger partial charge < -0.3 is 4.90 Å². The molecule has 0 aliphatic heterocycles. The number of nitrogens with zero attached hydrogens (tertiary/aromatic N) is 2. The number of hydrogen-bond acceptors (Lipinski definition) is 2. The average Bonchev–Trinajstić information content (AvgIpc) is 2.37. The van der Waals surface area contributed by atoms with Gasteiger partial charge in [-0.25, -0.2) is 0 Å². The number of halogens is 2. The zero-order valence-corrected chi connectivity index (χ0v) is 12.6. The molecule has 0 amide bonds. The van der Waals surface area contributed by atoms with Crippen molar-refractivity contribution >= 4 is 33.2 Å². The molecule has 0 radical (unpaired) electrons. The molecule has 4 heteroatoms. The lowest BCUT2D eigenvalue weighted by Gasteiger charge is -2.27. The summed E-state index contributed by atoms with van der Waals surface area (Å²) < 4.78 is 0.977. The molecule has 0 saturated heterocycles. The lowest BCUT2D eigenvalue weighted by Crippen LogP contribution is -2.21. The van der Waals surface area contributed by atoms with Crippen LogP contribution in [-0.2, 0) is 0 Å².